The van der Waals surface area contributed by atoms with Crippen LogP contribution in [0.5, 0.6) is 0 Å². The van der Waals surface area contributed by atoms with E-state index in [0.29, 0.717) is 13.0 Å². The zero-order valence-electron chi connectivity index (χ0n) is 12.4. The highest BCUT2D eigenvalue weighted by molar-refractivity contribution is 7.99. The van der Waals surface area contributed by atoms with Crippen LogP contribution in [0.15, 0.2) is 30.3 Å². The molecule has 0 fully saturated rings. The zero-order chi connectivity index (χ0) is 15.5. The molecule has 116 valence electrons. The van der Waals surface area contributed by atoms with Crippen molar-refractivity contribution in [1.82, 2.24) is 5.32 Å². The summed E-state index contributed by atoms with van der Waals surface area (Å²) in [5, 5.41) is 11.3. The maximum absolute atomic E-state index is 11.9. The number of rotatable bonds is 10. The van der Waals surface area contributed by atoms with Crippen molar-refractivity contribution >= 4 is 23.6 Å². The Labute approximate surface area is 130 Å². The van der Waals surface area contributed by atoms with Crippen LogP contribution in [0.2, 0.25) is 0 Å². The summed E-state index contributed by atoms with van der Waals surface area (Å²) in [5.74, 6) is 0.118. The van der Waals surface area contributed by atoms with Crippen LogP contribution >= 0.6 is 11.8 Å². The van der Waals surface area contributed by atoms with Gasteiger partial charge in [0.25, 0.3) is 0 Å². The first kappa shape index (κ1) is 17.6. The van der Waals surface area contributed by atoms with Crippen molar-refractivity contribution < 1.29 is 14.7 Å². The summed E-state index contributed by atoms with van der Waals surface area (Å²) >= 11 is 1.62. The normalized spacial score (nSPS) is 11.9. The predicted octanol–water partition coefficient (Wildman–Crippen LogP) is 3.07. The summed E-state index contributed by atoms with van der Waals surface area (Å²) in [4.78, 5) is 22.2. The van der Waals surface area contributed by atoms with Gasteiger partial charge in [-0.25, -0.2) is 0 Å². The number of hydrogen-bond acceptors (Lipinski definition) is 3. The van der Waals surface area contributed by atoms with Gasteiger partial charge in [-0.1, -0.05) is 36.8 Å². The summed E-state index contributed by atoms with van der Waals surface area (Å²) in [5.41, 5.74) is 1.22. The molecule has 5 heteroatoms. The number of carbonyl (C=O) groups excluding carboxylic acids is 1. The lowest BCUT2D eigenvalue weighted by molar-refractivity contribution is -0.137. The minimum absolute atomic E-state index is 0.0502. The minimum Gasteiger partial charge on any atom is -0.481 e. The lowest BCUT2D eigenvalue weighted by atomic mass is 10.2. The molecule has 21 heavy (non-hydrogen) atoms. The van der Waals surface area contributed by atoms with E-state index in [0.717, 1.165) is 18.6 Å². The van der Waals surface area contributed by atoms with Crippen LogP contribution in [-0.4, -0.2) is 28.8 Å². The fraction of sp³-hybridized carbons (Fsp3) is 0.500. The largest absolute Gasteiger partial charge is 0.481 e. The molecule has 4 nitrogen and oxygen atoms in total. The Morgan fingerprint density at radius 3 is 2.57 bits per heavy atom. The summed E-state index contributed by atoms with van der Waals surface area (Å²) in [7, 11) is 0. The molecule has 0 radical (unpaired) electrons. The van der Waals surface area contributed by atoms with Crippen molar-refractivity contribution in [3.05, 3.63) is 35.9 Å². The number of carboxylic acids is 1. The van der Waals surface area contributed by atoms with E-state index in [9.17, 15) is 9.59 Å². The van der Waals surface area contributed by atoms with Crippen LogP contribution in [-0.2, 0) is 15.3 Å². The van der Waals surface area contributed by atoms with Crippen molar-refractivity contribution in [3.8, 4) is 0 Å². The van der Waals surface area contributed by atoms with E-state index in [4.69, 9.17) is 5.11 Å². The molecule has 0 aliphatic heterocycles. The third-order valence-electron chi connectivity index (χ3n) is 3.08. The van der Waals surface area contributed by atoms with Gasteiger partial charge in [0.05, 0.1) is 5.25 Å². The second-order valence-corrected chi connectivity index (χ2v) is 6.26. The van der Waals surface area contributed by atoms with E-state index in [1.807, 2.05) is 25.1 Å². The van der Waals surface area contributed by atoms with Gasteiger partial charge >= 0.3 is 5.97 Å². The number of hydrogen-bond donors (Lipinski definition) is 2. The molecule has 1 amide bonds. The van der Waals surface area contributed by atoms with Gasteiger partial charge in [-0.05, 0) is 25.3 Å². The molecular weight excluding hydrogens is 286 g/mol. The number of aliphatic carboxylic acids is 1. The maximum Gasteiger partial charge on any atom is 0.303 e. The molecule has 0 spiro atoms. The van der Waals surface area contributed by atoms with Crippen molar-refractivity contribution in [3.63, 3.8) is 0 Å². The minimum atomic E-state index is -0.759. The SMILES string of the molecule is CC(SCc1ccccc1)C(=O)NCCCCCC(=O)O. The molecule has 0 bridgehead atoms. The maximum atomic E-state index is 11.9. The third kappa shape index (κ3) is 8.40. The predicted molar refractivity (Wildman–Crippen MR) is 86.3 cm³/mol. The summed E-state index contributed by atoms with van der Waals surface area (Å²) in [6.07, 6.45) is 2.54. The van der Waals surface area contributed by atoms with Crippen LogP contribution in [0.4, 0.5) is 0 Å². The Kier molecular flexibility index (Phi) is 8.59. The number of amides is 1. The van der Waals surface area contributed by atoms with Gasteiger partial charge in [-0.3, -0.25) is 9.59 Å². The van der Waals surface area contributed by atoms with Crippen molar-refractivity contribution in [2.45, 2.75) is 43.6 Å². The number of benzene rings is 1. The third-order valence-corrected chi connectivity index (χ3v) is 4.29. The van der Waals surface area contributed by atoms with Crippen molar-refractivity contribution in [2.75, 3.05) is 6.54 Å². The highest BCUT2D eigenvalue weighted by Crippen LogP contribution is 2.17. The van der Waals surface area contributed by atoms with Gasteiger partial charge in [0.2, 0.25) is 5.91 Å². The highest BCUT2D eigenvalue weighted by atomic mass is 32.2. The Morgan fingerprint density at radius 1 is 1.19 bits per heavy atom. The first-order valence-electron chi connectivity index (χ1n) is 7.24. The van der Waals surface area contributed by atoms with Gasteiger partial charge in [0.1, 0.15) is 0 Å². The Bertz CT molecular complexity index is 436. The Balaban J connectivity index is 2.09. The second kappa shape index (κ2) is 10.3. The Hall–Kier alpha value is -1.49. The first-order valence-corrected chi connectivity index (χ1v) is 8.29. The molecular formula is C16H23NO3S. The topological polar surface area (TPSA) is 66.4 Å². The van der Waals surface area contributed by atoms with Gasteiger partial charge in [0, 0.05) is 18.7 Å². The molecule has 0 aromatic heterocycles. The molecule has 1 rings (SSSR count). The number of thioether (sulfide) groups is 1. The van der Waals surface area contributed by atoms with Crippen LogP contribution < -0.4 is 5.32 Å². The van der Waals surface area contributed by atoms with Crippen molar-refractivity contribution in [1.29, 1.82) is 0 Å². The molecule has 0 saturated carbocycles. The van der Waals surface area contributed by atoms with E-state index >= 15 is 0 Å². The van der Waals surface area contributed by atoms with Gasteiger partial charge in [0.15, 0.2) is 0 Å². The fourth-order valence-corrected chi connectivity index (χ4v) is 2.67. The first-order chi connectivity index (χ1) is 10.1. The smallest absolute Gasteiger partial charge is 0.303 e. The van der Waals surface area contributed by atoms with E-state index in [2.05, 4.69) is 17.4 Å². The van der Waals surface area contributed by atoms with Gasteiger partial charge in [-0.15, -0.1) is 11.8 Å². The monoisotopic (exact) mass is 309 g/mol. The summed E-state index contributed by atoms with van der Waals surface area (Å²) in [6.45, 7) is 2.53. The average molecular weight is 309 g/mol. The molecule has 0 aliphatic carbocycles. The summed E-state index contributed by atoms with van der Waals surface area (Å²) < 4.78 is 0. The number of carbonyl (C=O) groups is 2. The van der Waals surface area contributed by atoms with E-state index in [-0.39, 0.29) is 17.6 Å². The van der Waals surface area contributed by atoms with Crippen molar-refractivity contribution in [2.24, 2.45) is 0 Å². The molecule has 0 heterocycles. The highest BCUT2D eigenvalue weighted by Gasteiger charge is 2.12. The average Bonchev–Trinajstić information content (AvgIpc) is 2.48. The van der Waals surface area contributed by atoms with Gasteiger partial charge in [-0.2, -0.15) is 0 Å². The van der Waals surface area contributed by atoms with Crippen LogP contribution in [0.1, 0.15) is 38.2 Å². The summed E-state index contributed by atoms with van der Waals surface area (Å²) in [6, 6.07) is 10.1. The quantitative estimate of drug-likeness (QED) is 0.652. The van der Waals surface area contributed by atoms with Crippen LogP contribution in [0.25, 0.3) is 0 Å². The number of nitrogens with one attached hydrogen (secondary N) is 1. The molecule has 1 aromatic rings. The number of carboxylic acid groups (broad SMARTS) is 1. The standard InChI is InChI=1S/C16H23NO3S/c1-13(21-12-14-8-4-2-5-9-14)16(20)17-11-7-3-6-10-15(18)19/h2,4-5,8-9,13H,3,6-7,10-12H2,1H3,(H,17,20)(H,18,19). The Morgan fingerprint density at radius 2 is 1.90 bits per heavy atom. The zero-order valence-corrected chi connectivity index (χ0v) is 13.2. The molecule has 1 unspecified atom stereocenters. The molecule has 2 N–H and O–H groups in total. The molecule has 0 saturated heterocycles. The van der Waals surface area contributed by atoms with Gasteiger partial charge < -0.3 is 10.4 Å². The van der Waals surface area contributed by atoms with E-state index in [1.165, 1.54) is 5.56 Å². The lowest BCUT2D eigenvalue weighted by Gasteiger charge is -2.12. The molecule has 1 aromatic carbocycles. The van der Waals surface area contributed by atoms with Crippen LogP contribution in [0.3, 0.4) is 0 Å². The number of unbranched alkanes of at least 4 members (excludes halogenated alkanes) is 2. The van der Waals surface area contributed by atoms with E-state index in [1.54, 1.807) is 11.8 Å². The lowest BCUT2D eigenvalue weighted by Crippen LogP contribution is -2.31. The fourth-order valence-electron chi connectivity index (χ4n) is 1.80. The molecule has 0 aliphatic rings. The second-order valence-electron chi connectivity index (χ2n) is 4.93. The van der Waals surface area contributed by atoms with E-state index < -0.39 is 5.97 Å². The van der Waals surface area contributed by atoms with Crippen LogP contribution in [0, 0.1) is 0 Å². The molecule has 1 atom stereocenters.